The number of carboxylic acid groups (broad SMARTS) is 1. The average Bonchev–Trinajstić information content (AvgIpc) is 3.60. The summed E-state index contributed by atoms with van der Waals surface area (Å²) in [6.45, 7) is -3.82. The number of alkyl halides is 2. The maximum atomic E-state index is 13.6. The number of aliphatic carboxylic acids is 1. The van der Waals surface area contributed by atoms with Gasteiger partial charge in [0, 0.05) is 16.7 Å². The molecule has 1 aromatic heterocycles. The second kappa shape index (κ2) is 15.0. The Morgan fingerprint density at radius 2 is 1.57 bits per heavy atom. The number of nitrogens with two attached hydrogens (primary N) is 1. The molecule has 4 aromatic rings. The molecule has 262 valence electrons. The van der Waals surface area contributed by atoms with Crippen molar-refractivity contribution in [2.24, 2.45) is 10.9 Å². The summed E-state index contributed by atoms with van der Waals surface area (Å²) < 4.78 is 31.1. The molecule has 0 radical (unpaired) electrons. The van der Waals surface area contributed by atoms with E-state index in [0.717, 1.165) is 44.7 Å². The van der Waals surface area contributed by atoms with Gasteiger partial charge in [-0.2, -0.15) is 8.78 Å². The highest BCUT2D eigenvalue weighted by Gasteiger charge is 2.54. The molecule has 0 spiro atoms. The number of aromatic nitrogens is 1. The van der Waals surface area contributed by atoms with E-state index < -0.39 is 65.5 Å². The summed E-state index contributed by atoms with van der Waals surface area (Å²) >= 11 is 2.19. The molecule has 3 aromatic carbocycles. The number of amides is 3. The molecule has 51 heavy (non-hydrogen) atoms. The van der Waals surface area contributed by atoms with Crippen LogP contribution in [0.2, 0.25) is 0 Å². The SMILES string of the molecule is NC(=O)OCC1=C(C(=O)O)N2C(=O)C(NC(=O)/C(=N/OC(F)F)c3csc(NC(c4ccccc4)(c4ccccc4)c4ccccc4)n3)[C@H]2SC1. The van der Waals surface area contributed by atoms with Gasteiger partial charge in [0.15, 0.2) is 10.8 Å². The smallest absolute Gasteiger partial charge is 0.407 e. The van der Waals surface area contributed by atoms with Crippen LogP contribution < -0.4 is 16.4 Å². The molecule has 3 amide bonds. The number of β-lactam (4-membered cyclic amide) rings is 1. The van der Waals surface area contributed by atoms with Crippen molar-refractivity contribution >= 4 is 57.8 Å². The van der Waals surface area contributed by atoms with Gasteiger partial charge in [0.2, 0.25) is 0 Å². The fourth-order valence-corrected chi connectivity index (χ4v) is 7.92. The molecule has 0 bridgehead atoms. The van der Waals surface area contributed by atoms with Crippen molar-refractivity contribution in [3.63, 3.8) is 0 Å². The minimum absolute atomic E-state index is 0.0400. The van der Waals surface area contributed by atoms with E-state index in [1.54, 1.807) is 0 Å². The van der Waals surface area contributed by atoms with Gasteiger partial charge in [-0.3, -0.25) is 14.5 Å². The number of halogens is 2. The normalized spacial score (nSPS) is 17.4. The van der Waals surface area contributed by atoms with Gasteiger partial charge in [-0.1, -0.05) is 96.2 Å². The van der Waals surface area contributed by atoms with Gasteiger partial charge < -0.3 is 31.0 Å². The van der Waals surface area contributed by atoms with E-state index in [4.69, 9.17) is 10.5 Å². The van der Waals surface area contributed by atoms with E-state index in [1.807, 2.05) is 91.0 Å². The van der Waals surface area contributed by atoms with E-state index >= 15 is 0 Å². The predicted molar refractivity (Wildman–Crippen MR) is 184 cm³/mol. The van der Waals surface area contributed by atoms with Gasteiger partial charge >= 0.3 is 18.7 Å². The van der Waals surface area contributed by atoms with Gasteiger partial charge in [0.1, 0.15) is 35.0 Å². The Bertz CT molecular complexity index is 1900. The first-order chi connectivity index (χ1) is 24.6. The van der Waals surface area contributed by atoms with E-state index in [0.29, 0.717) is 5.13 Å². The van der Waals surface area contributed by atoms with Crippen LogP contribution in [0.4, 0.5) is 18.7 Å². The molecular formula is C34H28F2N6O7S2. The average molecular weight is 735 g/mol. The maximum Gasteiger partial charge on any atom is 0.407 e. The first-order valence-electron chi connectivity index (χ1n) is 15.2. The number of nitrogens with one attached hydrogen (secondary N) is 2. The first-order valence-corrected chi connectivity index (χ1v) is 17.1. The van der Waals surface area contributed by atoms with Crippen molar-refractivity contribution in [2.45, 2.75) is 23.6 Å². The Kier molecular flexibility index (Phi) is 10.3. The Morgan fingerprint density at radius 3 is 2.08 bits per heavy atom. The van der Waals surface area contributed by atoms with Crippen molar-refractivity contribution < 1.29 is 42.6 Å². The van der Waals surface area contributed by atoms with E-state index in [2.05, 4.69) is 25.6 Å². The molecule has 17 heteroatoms. The number of hydrogen-bond donors (Lipinski definition) is 4. The number of ether oxygens (including phenoxy) is 1. The molecule has 2 aliphatic heterocycles. The predicted octanol–water partition coefficient (Wildman–Crippen LogP) is 4.32. The molecule has 13 nitrogen and oxygen atoms in total. The zero-order chi connectivity index (χ0) is 36.1. The van der Waals surface area contributed by atoms with E-state index in [-0.39, 0.29) is 17.0 Å². The van der Waals surface area contributed by atoms with Crippen molar-refractivity contribution in [3.8, 4) is 0 Å². The molecule has 1 unspecified atom stereocenters. The number of benzene rings is 3. The summed E-state index contributed by atoms with van der Waals surface area (Å²) in [5.74, 6) is -3.26. The summed E-state index contributed by atoms with van der Waals surface area (Å²) in [6.07, 6.45) is -1.12. The molecule has 2 atom stereocenters. The number of anilines is 1. The zero-order valence-electron chi connectivity index (χ0n) is 26.3. The highest BCUT2D eigenvalue weighted by atomic mass is 32.2. The fourth-order valence-electron chi connectivity index (χ4n) is 5.84. The van der Waals surface area contributed by atoms with Crippen molar-refractivity contribution in [2.75, 3.05) is 17.7 Å². The van der Waals surface area contributed by atoms with Crippen LogP contribution >= 0.6 is 23.1 Å². The van der Waals surface area contributed by atoms with Crippen LogP contribution in [-0.2, 0) is 29.5 Å². The Balaban J connectivity index is 1.30. The van der Waals surface area contributed by atoms with Crippen LogP contribution in [-0.4, -0.2) is 75.0 Å². The van der Waals surface area contributed by atoms with Crippen LogP contribution in [0.15, 0.2) is 113 Å². The largest absolute Gasteiger partial charge is 0.477 e. The lowest BCUT2D eigenvalue weighted by molar-refractivity contribution is -0.150. The lowest BCUT2D eigenvalue weighted by Crippen LogP contribution is -2.71. The molecule has 6 rings (SSSR count). The van der Waals surface area contributed by atoms with Crippen molar-refractivity contribution in [3.05, 3.63) is 130 Å². The summed E-state index contributed by atoms with van der Waals surface area (Å²) in [5.41, 5.74) is 5.57. The number of carbonyl (C=O) groups excluding carboxylic acids is 3. The molecule has 3 heterocycles. The molecular weight excluding hydrogens is 707 g/mol. The van der Waals surface area contributed by atoms with Crippen LogP contribution in [0.25, 0.3) is 0 Å². The molecule has 5 N–H and O–H groups in total. The van der Waals surface area contributed by atoms with Crippen LogP contribution in [0.1, 0.15) is 22.4 Å². The second-order valence-corrected chi connectivity index (χ2v) is 13.0. The monoisotopic (exact) mass is 734 g/mol. The topological polar surface area (TPSA) is 186 Å². The lowest BCUT2D eigenvalue weighted by atomic mass is 9.77. The summed E-state index contributed by atoms with van der Waals surface area (Å²) in [6, 6.07) is 27.6. The zero-order valence-corrected chi connectivity index (χ0v) is 27.9. The number of rotatable bonds is 13. The number of carboxylic acids is 1. The molecule has 1 fully saturated rings. The van der Waals surface area contributed by atoms with E-state index in [9.17, 15) is 33.1 Å². The summed E-state index contributed by atoms with van der Waals surface area (Å²) in [5, 5.41) is 20.1. The number of hydrogen-bond acceptors (Lipinski definition) is 11. The third kappa shape index (κ3) is 7.11. The van der Waals surface area contributed by atoms with Crippen molar-refractivity contribution in [1.29, 1.82) is 0 Å². The third-order valence-corrected chi connectivity index (χ3v) is 10.1. The number of oxime groups is 1. The number of nitrogens with zero attached hydrogens (tertiary/aromatic N) is 3. The minimum Gasteiger partial charge on any atom is -0.477 e. The van der Waals surface area contributed by atoms with Gasteiger partial charge in [-0.15, -0.1) is 23.1 Å². The van der Waals surface area contributed by atoms with Gasteiger partial charge in [-0.25, -0.2) is 14.6 Å². The molecule has 2 aliphatic rings. The van der Waals surface area contributed by atoms with Crippen LogP contribution in [0, 0.1) is 0 Å². The molecule has 0 saturated carbocycles. The Morgan fingerprint density at radius 1 is 1.00 bits per heavy atom. The van der Waals surface area contributed by atoms with Crippen molar-refractivity contribution in [1.82, 2.24) is 15.2 Å². The van der Waals surface area contributed by atoms with Gasteiger partial charge in [0.25, 0.3) is 11.8 Å². The minimum atomic E-state index is -3.37. The highest BCUT2D eigenvalue weighted by molar-refractivity contribution is 8.00. The molecule has 0 aliphatic carbocycles. The highest BCUT2D eigenvalue weighted by Crippen LogP contribution is 2.42. The standard InChI is InChI=1S/C34H28F2N6O7S2/c35-31(36)49-41-24(27(43)39-25-28(44)42-26(30(45)46)19(16-48-32(37)47)17-50-29(25)42)23-18-51-33(38-23)40-34(20-10-4-1-5-11-20,21-12-6-2-7-13-21)22-14-8-3-9-15-22/h1-15,18,25,29,31H,16-17H2,(H2,37,47)(H,38,40)(H,39,43)(H,45,46)/b41-24+/t25?,29-/m1/s1. The maximum absolute atomic E-state index is 13.6. The number of thiazole rings is 1. The summed E-state index contributed by atoms with van der Waals surface area (Å²) in [4.78, 5) is 59.6. The van der Waals surface area contributed by atoms with Gasteiger partial charge in [0.05, 0.1) is 0 Å². The molecule has 1 saturated heterocycles. The number of thioether (sulfide) groups is 1. The quantitative estimate of drug-likeness (QED) is 0.0667. The third-order valence-electron chi connectivity index (χ3n) is 8.03. The number of fused-ring (bicyclic) bond motifs is 1. The number of primary amides is 1. The first kappa shape index (κ1) is 35.0. The fraction of sp³-hybridized carbons (Fsp3) is 0.176. The Labute approximate surface area is 297 Å². The van der Waals surface area contributed by atoms with Gasteiger partial charge in [-0.05, 0) is 16.7 Å². The Hall–Kier alpha value is -5.81. The second-order valence-electron chi connectivity index (χ2n) is 11.0. The lowest BCUT2D eigenvalue weighted by Gasteiger charge is -2.49. The summed E-state index contributed by atoms with van der Waals surface area (Å²) in [7, 11) is 0. The van der Waals surface area contributed by atoms with Crippen LogP contribution in [0.3, 0.4) is 0 Å². The van der Waals surface area contributed by atoms with E-state index in [1.165, 1.54) is 5.38 Å². The van der Waals surface area contributed by atoms with Crippen LogP contribution in [0.5, 0.6) is 0 Å². The number of carbonyl (C=O) groups is 4.